The van der Waals surface area contributed by atoms with Gasteiger partial charge in [0.1, 0.15) is 5.75 Å². The second-order valence-electron chi connectivity index (χ2n) is 4.10. The van der Waals surface area contributed by atoms with Gasteiger partial charge in [0.25, 0.3) is 0 Å². The highest BCUT2D eigenvalue weighted by Gasteiger charge is 2.04. The molecule has 1 unspecified atom stereocenters. The van der Waals surface area contributed by atoms with Crippen LogP contribution in [0.3, 0.4) is 0 Å². The van der Waals surface area contributed by atoms with E-state index in [1.165, 1.54) is 0 Å². The molecule has 0 radical (unpaired) electrons. The lowest BCUT2D eigenvalue weighted by Gasteiger charge is -2.06. The Labute approximate surface area is 104 Å². The zero-order chi connectivity index (χ0) is 12.7. The van der Waals surface area contributed by atoms with Crippen molar-refractivity contribution in [1.82, 2.24) is 0 Å². The molecule has 0 amide bonds. The molecule has 0 heterocycles. The van der Waals surface area contributed by atoms with E-state index in [-0.39, 0.29) is 5.92 Å². The highest BCUT2D eigenvalue weighted by Crippen LogP contribution is 2.20. The highest BCUT2D eigenvalue weighted by atomic mass is 16.5. The maximum Gasteiger partial charge on any atom is 0.118 e. The van der Waals surface area contributed by atoms with E-state index >= 15 is 0 Å². The van der Waals surface area contributed by atoms with Gasteiger partial charge >= 0.3 is 0 Å². The van der Waals surface area contributed by atoms with Crippen molar-refractivity contribution in [3.63, 3.8) is 0 Å². The van der Waals surface area contributed by atoms with E-state index in [9.17, 15) is 0 Å². The van der Waals surface area contributed by atoms with Gasteiger partial charge in [0.15, 0.2) is 0 Å². The first-order chi connectivity index (χ1) is 8.21. The predicted octanol–water partition coefficient (Wildman–Crippen LogP) is 4.04. The molecule has 2 nitrogen and oxygen atoms in total. The quantitative estimate of drug-likeness (QED) is 0.763. The Morgan fingerprint density at radius 2 is 2.06 bits per heavy atom. The van der Waals surface area contributed by atoms with Crippen LogP contribution >= 0.6 is 0 Å². The summed E-state index contributed by atoms with van der Waals surface area (Å²) in [4.78, 5) is 0. The Morgan fingerprint density at radius 3 is 2.53 bits per heavy atom. The largest absolute Gasteiger partial charge is 0.497 e. The van der Waals surface area contributed by atoms with Gasteiger partial charge in [-0.2, -0.15) is 5.26 Å². The summed E-state index contributed by atoms with van der Waals surface area (Å²) in [6.45, 7) is 4.14. The molecule has 0 aliphatic heterocycles. The van der Waals surface area contributed by atoms with Crippen molar-refractivity contribution >= 4 is 5.57 Å². The van der Waals surface area contributed by atoms with Crippen molar-refractivity contribution in [2.45, 2.75) is 26.7 Å². The summed E-state index contributed by atoms with van der Waals surface area (Å²) in [5, 5.41) is 9.02. The van der Waals surface area contributed by atoms with E-state index in [1.807, 2.05) is 37.3 Å². The third-order valence-electron chi connectivity index (χ3n) is 2.76. The number of rotatable bonds is 5. The number of nitrogens with zero attached hydrogens (tertiary/aromatic N) is 1. The molecule has 0 N–H and O–H groups in total. The van der Waals surface area contributed by atoms with Gasteiger partial charge in [-0.05, 0) is 36.6 Å². The molecule has 1 atom stereocenters. The van der Waals surface area contributed by atoms with Crippen LogP contribution in [-0.4, -0.2) is 7.11 Å². The van der Waals surface area contributed by atoms with Crippen LogP contribution in [0.15, 0.2) is 30.3 Å². The normalized spacial score (nSPS) is 12.9. The molecular weight excluding hydrogens is 210 g/mol. The zero-order valence-corrected chi connectivity index (χ0v) is 10.7. The van der Waals surface area contributed by atoms with Gasteiger partial charge in [-0.15, -0.1) is 0 Å². The summed E-state index contributed by atoms with van der Waals surface area (Å²) in [5.74, 6) is 0.869. The van der Waals surface area contributed by atoms with E-state index in [2.05, 4.69) is 13.0 Å². The first-order valence-electron chi connectivity index (χ1n) is 5.93. The summed E-state index contributed by atoms with van der Waals surface area (Å²) in [7, 11) is 1.66. The second-order valence-corrected chi connectivity index (χ2v) is 4.10. The molecule has 0 fully saturated rings. The number of allylic oxidation sites excluding steroid dienone is 2. The summed E-state index contributed by atoms with van der Waals surface area (Å²) >= 11 is 0. The molecule has 2 heteroatoms. The maximum atomic E-state index is 9.02. The lowest BCUT2D eigenvalue weighted by Crippen LogP contribution is -1.93. The molecule has 0 aliphatic rings. The van der Waals surface area contributed by atoms with Gasteiger partial charge < -0.3 is 4.74 Å². The number of benzene rings is 1. The molecular formula is C15H19NO. The molecule has 0 saturated carbocycles. The van der Waals surface area contributed by atoms with Crippen LogP contribution in [0.4, 0.5) is 0 Å². The van der Waals surface area contributed by atoms with Crippen LogP contribution in [0.1, 0.15) is 32.3 Å². The predicted molar refractivity (Wildman–Crippen MR) is 70.7 cm³/mol. The van der Waals surface area contributed by atoms with Crippen molar-refractivity contribution < 1.29 is 4.74 Å². The molecule has 17 heavy (non-hydrogen) atoms. The Bertz CT molecular complexity index is 412. The Morgan fingerprint density at radius 1 is 1.41 bits per heavy atom. The lowest BCUT2D eigenvalue weighted by atomic mass is 9.99. The van der Waals surface area contributed by atoms with Crippen molar-refractivity contribution in [3.8, 4) is 11.8 Å². The number of hydrogen-bond acceptors (Lipinski definition) is 2. The molecule has 0 saturated heterocycles. The molecule has 0 aromatic heterocycles. The van der Waals surface area contributed by atoms with Crippen LogP contribution in [0.5, 0.6) is 5.75 Å². The average Bonchev–Trinajstić information content (AvgIpc) is 2.38. The van der Waals surface area contributed by atoms with Gasteiger partial charge in [-0.25, -0.2) is 0 Å². The van der Waals surface area contributed by atoms with Crippen molar-refractivity contribution in [3.05, 3.63) is 35.9 Å². The monoisotopic (exact) mass is 229 g/mol. The fourth-order valence-corrected chi connectivity index (χ4v) is 1.75. The summed E-state index contributed by atoms with van der Waals surface area (Å²) < 4.78 is 5.12. The second kappa shape index (κ2) is 6.75. The molecule has 0 bridgehead atoms. The minimum Gasteiger partial charge on any atom is -0.497 e. The highest BCUT2D eigenvalue weighted by molar-refractivity contribution is 5.64. The van der Waals surface area contributed by atoms with Crippen LogP contribution in [0.2, 0.25) is 0 Å². The molecule has 90 valence electrons. The number of nitriles is 1. The molecule has 1 rings (SSSR count). The van der Waals surface area contributed by atoms with E-state index in [4.69, 9.17) is 10.00 Å². The lowest BCUT2D eigenvalue weighted by molar-refractivity contribution is 0.415. The third-order valence-corrected chi connectivity index (χ3v) is 2.76. The number of hydrogen-bond donors (Lipinski definition) is 0. The fraction of sp³-hybridized carbons (Fsp3) is 0.400. The third kappa shape index (κ3) is 3.96. The van der Waals surface area contributed by atoms with Crippen molar-refractivity contribution in [2.75, 3.05) is 7.11 Å². The van der Waals surface area contributed by atoms with Crippen LogP contribution < -0.4 is 4.74 Å². The van der Waals surface area contributed by atoms with Crippen molar-refractivity contribution in [1.29, 1.82) is 5.26 Å². The SMILES string of the molecule is CCCC(C#N)/C=C(\C)c1ccc(OC)cc1. The Balaban J connectivity index is 2.83. The first kappa shape index (κ1) is 13.3. The average molecular weight is 229 g/mol. The van der Waals surface area contributed by atoms with Crippen LogP contribution in [0, 0.1) is 17.2 Å². The molecule has 0 spiro atoms. The molecule has 1 aromatic rings. The minimum absolute atomic E-state index is 0.0158. The van der Waals surface area contributed by atoms with Crippen molar-refractivity contribution in [2.24, 2.45) is 5.92 Å². The number of ether oxygens (including phenoxy) is 1. The van der Waals surface area contributed by atoms with E-state index < -0.39 is 0 Å². The van der Waals surface area contributed by atoms with Crippen LogP contribution in [0.25, 0.3) is 5.57 Å². The van der Waals surface area contributed by atoms with E-state index in [0.29, 0.717) is 0 Å². The van der Waals surface area contributed by atoms with E-state index in [0.717, 1.165) is 29.7 Å². The smallest absolute Gasteiger partial charge is 0.118 e. The zero-order valence-electron chi connectivity index (χ0n) is 10.7. The van der Waals surface area contributed by atoms with Gasteiger partial charge in [0, 0.05) is 0 Å². The van der Waals surface area contributed by atoms with Crippen LogP contribution in [-0.2, 0) is 0 Å². The van der Waals surface area contributed by atoms with Gasteiger partial charge in [0.2, 0.25) is 0 Å². The Hall–Kier alpha value is -1.75. The van der Waals surface area contributed by atoms with Gasteiger partial charge in [0.05, 0.1) is 19.1 Å². The fourth-order valence-electron chi connectivity index (χ4n) is 1.75. The standard InChI is InChI=1S/C15H19NO/c1-4-5-13(11-16)10-12(2)14-6-8-15(17-3)9-7-14/h6-10,13H,4-5H2,1-3H3/b12-10+. The maximum absolute atomic E-state index is 9.02. The summed E-state index contributed by atoms with van der Waals surface area (Å²) in [6, 6.07) is 10.2. The van der Waals surface area contributed by atoms with E-state index in [1.54, 1.807) is 7.11 Å². The minimum atomic E-state index is 0.0158. The molecule has 1 aromatic carbocycles. The number of methoxy groups -OCH3 is 1. The Kier molecular flexibility index (Phi) is 5.29. The van der Waals surface area contributed by atoms with Gasteiger partial charge in [-0.1, -0.05) is 31.6 Å². The first-order valence-corrected chi connectivity index (χ1v) is 5.93. The van der Waals surface area contributed by atoms with Gasteiger partial charge in [-0.3, -0.25) is 0 Å². The summed E-state index contributed by atoms with van der Waals surface area (Å²) in [6.07, 6.45) is 4.00. The summed E-state index contributed by atoms with van der Waals surface area (Å²) in [5.41, 5.74) is 2.29. The topological polar surface area (TPSA) is 33.0 Å². The molecule has 0 aliphatic carbocycles.